The molecular weight excluding hydrogens is 445 g/mol. The van der Waals surface area contributed by atoms with Crippen molar-refractivity contribution in [1.29, 1.82) is 0 Å². The summed E-state index contributed by atoms with van der Waals surface area (Å²) in [6.07, 6.45) is 1.50. The van der Waals surface area contributed by atoms with E-state index in [1.807, 2.05) is 54.6 Å². The Morgan fingerprint density at radius 3 is 2.29 bits per heavy atom. The minimum absolute atomic E-state index is 0.230. The quantitative estimate of drug-likeness (QED) is 0.268. The Morgan fingerprint density at radius 2 is 1.49 bits per heavy atom. The van der Waals surface area contributed by atoms with Crippen LogP contribution in [0.2, 0.25) is 0 Å². The van der Waals surface area contributed by atoms with Crippen molar-refractivity contribution in [2.24, 2.45) is 5.10 Å². The van der Waals surface area contributed by atoms with E-state index >= 15 is 0 Å². The second-order valence-corrected chi connectivity index (χ2v) is 7.52. The van der Waals surface area contributed by atoms with Crippen molar-refractivity contribution >= 4 is 23.7 Å². The third-order valence-corrected chi connectivity index (χ3v) is 5.05. The lowest BCUT2D eigenvalue weighted by atomic mass is 10.1. The van der Waals surface area contributed by atoms with Crippen molar-refractivity contribution in [1.82, 2.24) is 5.43 Å². The van der Waals surface area contributed by atoms with Crippen LogP contribution >= 0.6 is 0 Å². The smallest absolute Gasteiger partial charge is 0.273 e. The maximum Gasteiger partial charge on any atom is 0.273 e. The Morgan fingerprint density at radius 1 is 0.800 bits per heavy atom. The van der Waals surface area contributed by atoms with Gasteiger partial charge in [-0.2, -0.15) is 5.10 Å². The van der Waals surface area contributed by atoms with Gasteiger partial charge >= 0.3 is 0 Å². The molecule has 0 spiro atoms. The molecule has 0 aromatic heterocycles. The van der Waals surface area contributed by atoms with Crippen molar-refractivity contribution in [2.75, 3.05) is 5.32 Å². The molecule has 0 saturated carbocycles. The lowest BCUT2D eigenvalue weighted by molar-refractivity contribution is 0.0956. The zero-order valence-electron chi connectivity index (χ0n) is 18.6. The van der Waals surface area contributed by atoms with Gasteiger partial charge in [0.1, 0.15) is 18.2 Å². The van der Waals surface area contributed by atoms with Gasteiger partial charge in [0, 0.05) is 11.1 Å². The van der Waals surface area contributed by atoms with E-state index in [4.69, 9.17) is 4.74 Å². The van der Waals surface area contributed by atoms with Crippen LogP contribution in [0.4, 0.5) is 10.1 Å². The molecule has 6 nitrogen and oxygen atoms in total. The fourth-order valence-electron chi connectivity index (χ4n) is 3.26. The predicted molar refractivity (Wildman–Crippen MR) is 133 cm³/mol. The number of para-hydroxylation sites is 2. The maximum atomic E-state index is 13.1. The van der Waals surface area contributed by atoms with Crippen LogP contribution < -0.4 is 15.5 Å². The van der Waals surface area contributed by atoms with E-state index in [0.717, 1.165) is 5.56 Å². The van der Waals surface area contributed by atoms with E-state index in [9.17, 15) is 14.0 Å². The molecule has 4 aromatic carbocycles. The second-order valence-electron chi connectivity index (χ2n) is 7.52. The van der Waals surface area contributed by atoms with E-state index in [1.54, 1.807) is 24.3 Å². The van der Waals surface area contributed by atoms with Crippen LogP contribution in [0.5, 0.6) is 5.75 Å². The van der Waals surface area contributed by atoms with E-state index in [2.05, 4.69) is 15.8 Å². The van der Waals surface area contributed by atoms with Gasteiger partial charge in [0.25, 0.3) is 11.8 Å². The highest BCUT2D eigenvalue weighted by atomic mass is 19.1. The first-order valence-corrected chi connectivity index (χ1v) is 10.9. The number of benzene rings is 4. The maximum absolute atomic E-state index is 13.1. The molecule has 0 atom stereocenters. The summed E-state index contributed by atoms with van der Waals surface area (Å²) in [6.45, 7) is 0.402. The third-order valence-electron chi connectivity index (χ3n) is 5.05. The molecule has 4 aromatic rings. The number of ether oxygens (including phenoxy) is 1. The molecule has 7 heteroatoms. The average Bonchev–Trinajstić information content (AvgIpc) is 2.89. The van der Waals surface area contributed by atoms with E-state index < -0.39 is 17.6 Å². The van der Waals surface area contributed by atoms with E-state index in [-0.39, 0.29) is 11.1 Å². The van der Waals surface area contributed by atoms with Gasteiger partial charge in [-0.1, -0.05) is 54.6 Å². The average molecular weight is 468 g/mol. The first kappa shape index (κ1) is 23.4. The Labute approximate surface area is 202 Å². The highest BCUT2D eigenvalue weighted by Crippen LogP contribution is 2.19. The first-order valence-electron chi connectivity index (χ1n) is 10.9. The summed E-state index contributed by atoms with van der Waals surface area (Å²) < 4.78 is 19.0. The Bertz CT molecular complexity index is 1340. The number of anilines is 1. The fraction of sp³-hybridized carbons (Fsp3) is 0.0357. The number of carbonyl (C=O) groups is 2. The lowest BCUT2D eigenvalue weighted by Gasteiger charge is -2.10. The molecular formula is C28H22FN3O3. The zero-order valence-corrected chi connectivity index (χ0v) is 18.6. The van der Waals surface area contributed by atoms with Crippen LogP contribution in [0.1, 0.15) is 31.8 Å². The largest absolute Gasteiger partial charge is 0.488 e. The number of hydrogen-bond donors (Lipinski definition) is 2. The summed E-state index contributed by atoms with van der Waals surface area (Å²) in [5.41, 5.74) is 5.02. The van der Waals surface area contributed by atoms with Gasteiger partial charge in [0.2, 0.25) is 0 Å². The molecule has 174 valence electrons. The molecule has 2 amide bonds. The second kappa shape index (κ2) is 11.4. The van der Waals surface area contributed by atoms with Gasteiger partial charge < -0.3 is 10.1 Å². The van der Waals surface area contributed by atoms with Crippen molar-refractivity contribution < 1.29 is 18.7 Å². The number of amides is 2. The summed E-state index contributed by atoms with van der Waals surface area (Å²) in [6, 6.07) is 28.8. The number of hydrogen-bond acceptors (Lipinski definition) is 4. The number of halogens is 1. The number of carbonyl (C=O) groups excluding carboxylic acids is 2. The summed E-state index contributed by atoms with van der Waals surface area (Å²) in [5.74, 6) is -0.773. The lowest BCUT2D eigenvalue weighted by Crippen LogP contribution is -2.21. The molecule has 0 aliphatic carbocycles. The topological polar surface area (TPSA) is 79.8 Å². The molecule has 0 radical (unpaired) electrons. The van der Waals surface area contributed by atoms with Crippen molar-refractivity contribution in [2.45, 2.75) is 6.61 Å². The van der Waals surface area contributed by atoms with Crippen LogP contribution in [0.3, 0.4) is 0 Å². The molecule has 0 aliphatic heterocycles. The van der Waals surface area contributed by atoms with Crippen LogP contribution in [-0.2, 0) is 6.61 Å². The van der Waals surface area contributed by atoms with Gasteiger partial charge in [-0.15, -0.1) is 0 Å². The SMILES string of the molecule is O=C(Nc1ccccc1C(=O)N/N=C\c1ccccc1OCc1ccccc1)c1ccc(F)cc1. The predicted octanol–water partition coefficient (Wildman–Crippen LogP) is 5.42. The van der Waals surface area contributed by atoms with Gasteiger partial charge in [-0.05, 0) is 54.1 Å². The number of rotatable bonds is 8. The summed E-state index contributed by atoms with van der Waals surface area (Å²) >= 11 is 0. The Kier molecular flexibility index (Phi) is 7.60. The highest BCUT2D eigenvalue weighted by molar-refractivity contribution is 6.09. The molecule has 0 fully saturated rings. The molecule has 2 N–H and O–H groups in total. The summed E-state index contributed by atoms with van der Waals surface area (Å²) in [7, 11) is 0. The standard InChI is InChI=1S/C28H22FN3O3/c29-23-16-14-21(15-17-23)27(33)31-25-12-6-5-11-24(25)28(34)32-30-18-22-10-4-7-13-26(22)35-19-20-8-2-1-3-9-20/h1-18H,19H2,(H,31,33)(H,32,34)/b30-18-. The van der Waals surface area contributed by atoms with Crippen molar-refractivity contribution in [3.63, 3.8) is 0 Å². The summed E-state index contributed by atoms with van der Waals surface area (Å²) in [4.78, 5) is 25.2. The Balaban J connectivity index is 1.42. The van der Waals surface area contributed by atoms with E-state index in [0.29, 0.717) is 23.6 Å². The van der Waals surface area contributed by atoms with Crippen LogP contribution in [0.25, 0.3) is 0 Å². The number of nitrogens with one attached hydrogen (secondary N) is 2. The molecule has 0 bridgehead atoms. The minimum atomic E-state index is -0.501. The highest BCUT2D eigenvalue weighted by Gasteiger charge is 2.14. The fourth-order valence-corrected chi connectivity index (χ4v) is 3.26. The molecule has 35 heavy (non-hydrogen) atoms. The first-order chi connectivity index (χ1) is 17.1. The third kappa shape index (κ3) is 6.39. The van der Waals surface area contributed by atoms with Crippen molar-refractivity contribution in [3.8, 4) is 5.75 Å². The monoisotopic (exact) mass is 467 g/mol. The van der Waals surface area contributed by atoms with Gasteiger partial charge in [0.05, 0.1) is 17.5 Å². The molecule has 4 rings (SSSR count). The van der Waals surface area contributed by atoms with Crippen molar-refractivity contribution in [3.05, 3.63) is 131 Å². The molecule has 0 aliphatic rings. The molecule has 0 heterocycles. The summed E-state index contributed by atoms with van der Waals surface area (Å²) in [5, 5.41) is 6.75. The van der Waals surface area contributed by atoms with Crippen LogP contribution in [0.15, 0.2) is 108 Å². The molecule has 0 unspecified atom stereocenters. The van der Waals surface area contributed by atoms with Crippen LogP contribution in [0, 0.1) is 5.82 Å². The molecule has 0 saturated heterocycles. The minimum Gasteiger partial charge on any atom is -0.488 e. The normalized spacial score (nSPS) is 10.7. The van der Waals surface area contributed by atoms with Crippen LogP contribution in [-0.4, -0.2) is 18.0 Å². The van der Waals surface area contributed by atoms with Gasteiger partial charge in [-0.25, -0.2) is 9.82 Å². The number of hydrazone groups is 1. The zero-order chi connectivity index (χ0) is 24.5. The van der Waals surface area contributed by atoms with Gasteiger partial charge in [0.15, 0.2) is 0 Å². The Hall–Kier alpha value is -4.78. The van der Waals surface area contributed by atoms with Gasteiger partial charge in [-0.3, -0.25) is 9.59 Å². The van der Waals surface area contributed by atoms with E-state index in [1.165, 1.54) is 30.5 Å². The number of nitrogens with zero attached hydrogens (tertiary/aromatic N) is 1.